The first-order valence-corrected chi connectivity index (χ1v) is 9.07. The third kappa shape index (κ3) is 14.2. The molecule has 0 aromatic rings. The summed E-state index contributed by atoms with van der Waals surface area (Å²) in [7, 11) is 0. The van der Waals surface area contributed by atoms with E-state index >= 15 is 0 Å². The Bertz CT molecular complexity index is 301. The third-order valence-corrected chi connectivity index (χ3v) is 4.04. The fourth-order valence-electron chi connectivity index (χ4n) is 2.24. The first-order valence-electron chi connectivity index (χ1n) is 8.44. The lowest BCUT2D eigenvalue weighted by Crippen LogP contribution is -2.42. The van der Waals surface area contributed by atoms with Crippen LogP contribution in [0, 0.1) is 0 Å². The molecule has 0 aromatic heterocycles. The number of rotatable bonds is 15. The fourth-order valence-corrected chi connectivity index (χ4v) is 2.41. The second-order valence-electron chi connectivity index (χ2n) is 5.76. The Labute approximate surface area is 139 Å². The molecule has 1 atom stereocenters. The number of carboxylic acids is 1. The summed E-state index contributed by atoms with van der Waals surface area (Å²) in [6.07, 6.45) is 11.5. The lowest BCUT2D eigenvalue weighted by atomic mass is 10.1. The van der Waals surface area contributed by atoms with Gasteiger partial charge in [-0.1, -0.05) is 51.4 Å². The largest absolute Gasteiger partial charge is 0.481 e. The van der Waals surface area contributed by atoms with E-state index in [1.54, 1.807) is 0 Å². The SMILES string of the molecule is NC(CS)C(=O)NCCCCCCCCCCCCC(=O)O. The molecule has 0 aromatic carbocycles. The van der Waals surface area contributed by atoms with Crippen molar-refractivity contribution in [3.8, 4) is 0 Å². The Morgan fingerprint density at radius 2 is 1.36 bits per heavy atom. The maximum Gasteiger partial charge on any atom is 0.303 e. The normalized spacial score (nSPS) is 12.1. The van der Waals surface area contributed by atoms with Crippen molar-refractivity contribution in [3.63, 3.8) is 0 Å². The molecule has 6 heteroatoms. The standard InChI is InChI=1S/C16H32N2O3S/c17-14(13-22)16(21)18-12-10-8-6-4-2-1-3-5-7-9-11-15(19)20/h14,22H,1-13,17H2,(H,18,21)(H,19,20). The predicted octanol–water partition coefficient (Wildman–Crippen LogP) is 2.74. The van der Waals surface area contributed by atoms with Gasteiger partial charge in [-0.15, -0.1) is 0 Å². The molecule has 0 spiro atoms. The van der Waals surface area contributed by atoms with Crippen molar-refractivity contribution in [2.24, 2.45) is 5.73 Å². The zero-order valence-electron chi connectivity index (χ0n) is 13.6. The zero-order chi connectivity index (χ0) is 16.6. The van der Waals surface area contributed by atoms with E-state index in [1.165, 1.54) is 32.1 Å². The monoisotopic (exact) mass is 332 g/mol. The van der Waals surface area contributed by atoms with Crippen LogP contribution in [0.2, 0.25) is 0 Å². The lowest BCUT2D eigenvalue weighted by molar-refractivity contribution is -0.137. The number of nitrogens with two attached hydrogens (primary N) is 1. The van der Waals surface area contributed by atoms with E-state index < -0.39 is 12.0 Å². The summed E-state index contributed by atoms with van der Waals surface area (Å²) in [6, 6.07) is -0.501. The lowest BCUT2D eigenvalue weighted by Gasteiger charge is -2.09. The molecule has 0 saturated heterocycles. The van der Waals surface area contributed by atoms with Crippen molar-refractivity contribution in [2.75, 3.05) is 12.3 Å². The van der Waals surface area contributed by atoms with E-state index in [0.29, 0.717) is 18.7 Å². The molecule has 0 fully saturated rings. The second-order valence-corrected chi connectivity index (χ2v) is 6.12. The van der Waals surface area contributed by atoms with E-state index in [0.717, 1.165) is 32.1 Å². The fraction of sp³-hybridized carbons (Fsp3) is 0.875. The molecule has 0 bridgehead atoms. The maximum atomic E-state index is 11.4. The summed E-state index contributed by atoms with van der Waals surface area (Å²) in [6.45, 7) is 0.698. The molecule has 22 heavy (non-hydrogen) atoms. The van der Waals surface area contributed by atoms with Crippen LogP contribution in [-0.4, -0.2) is 35.3 Å². The molecule has 0 radical (unpaired) electrons. The number of nitrogens with one attached hydrogen (secondary N) is 1. The van der Waals surface area contributed by atoms with Gasteiger partial charge in [0.25, 0.3) is 0 Å². The molecule has 0 heterocycles. The quantitative estimate of drug-likeness (QED) is 0.274. The number of carbonyl (C=O) groups is 2. The molecule has 0 aliphatic carbocycles. The number of unbranched alkanes of at least 4 members (excludes halogenated alkanes) is 9. The number of aliphatic carboxylic acids is 1. The molecule has 4 N–H and O–H groups in total. The van der Waals surface area contributed by atoms with Gasteiger partial charge in [-0.3, -0.25) is 9.59 Å². The van der Waals surface area contributed by atoms with Crippen LogP contribution in [0.3, 0.4) is 0 Å². The Morgan fingerprint density at radius 3 is 1.82 bits per heavy atom. The van der Waals surface area contributed by atoms with E-state index in [4.69, 9.17) is 10.8 Å². The highest BCUT2D eigenvalue weighted by atomic mass is 32.1. The highest BCUT2D eigenvalue weighted by Crippen LogP contribution is 2.11. The van der Waals surface area contributed by atoms with Gasteiger partial charge in [-0.2, -0.15) is 12.6 Å². The average Bonchev–Trinajstić information content (AvgIpc) is 2.50. The Balaban J connectivity index is 3.14. The van der Waals surface area contributed by atoms with Crippen molar-refractivity contribution in [3.05, 3.63) is 0 Å². The minimum Gasteiger partial charge on any atom is -0.481 e. The molecular weight excluding hydrogens is 300 g/mol. The van der Waals surface area contributed by atoms with Gasteiger partial charge in [0.1, 0.15) is 0 Å². The van der Waals surface area contributed by atoms with E-state index in [-0.39, 0.29) is 5.91 Å². The molecule has 1 amide bonds. The Morgan fingerprint density at radius 1 is 0.909 bits per heavy atom. The van der Waals surface area contributed by atoms with Crippen molar-refractivity contribution in [2.45, 2.75) is 76.7 Å². The predicted molar refractivity (Wildman–Crippen MR) is 93.3 cm³/mol. The van der Waals surface area contributed by atoms with Gasteiger partial charge in [0.15, 0.2) is 0 Å². The molecule has 0 rings (SSSR count). The first-order chi connectivity index (χ1) is 10.6. The van der Waals surface area contributed by atoms with E-state index in [9.17, 15) is 9.59 Å². The minimum absolute atomic E-state index is 0.113. The van der Waals surface area contributed by atoms with Crippen molar-refractivity contribution >= 4 is 24.5 Å². The molecular formula is C16H32N2O3S. The van der Waals surface area contributed by atoms with E-state index in [2.05, 4.69) is 17.9 Å². The summed E-state index contributed by atoms with van der Waals surface area (Å²) >= 11 is 3.99. The average molecular weight is 333 g/mol. The van der Waals surface area contributed by atoms with Gasteiger partial charge >= 0.3 is 5.97 Å². The molecule has 0 aliphatic rings. The van der Waals surface area contributed by atoms with Gasteiger partial charge in [0.05, 0.1) is 6.04 Å². The smallest absolute Gasteiger partial charge is 0.303 e. The van der Waals surface area contributed by atoms with Crippen LogP contribution in [0.25, 0.3) is 0 Å². The highest BCUT2D eigenvalue weighted by Gasteiger charge is 2.09. The van der Waals surface area contributed by atoms with Gasteiger partial charge in [0.2, 0.25) is 5.91 Å². The summed E-state index contributed by atoms with van der Waals surface area (Å²) in [5.74, 6) is -0.427. The van der Waals surface area contributed by atoms with E-state index in [1.807, 2.05) is 0 Å². The summed E-state index contributed by atoms with van der Waals surface area (Å²) in [5, 5.41) is 11.3. The van der Waals surface area contributed by atoms with Crippen molar-refractivity contribution in [1.29, 1.82) is 0 Å². The molecule has 1 unspecified atom stereocenters. The molecule has 5 nitrogen and oxygen atoms in total. The molecule has 0 saturated carbocycles. The molecule has 130 valence electrons. The maximum absolute atomic E-state index is 11.4. The van der Waals surface area contributed by atoms with Gasteiger partial charge in [-0.05, 0) is 12.8 Å². The summed E-state index contributed by atoms with van der Waals surface area (Å²) in [5.41, 5.74) is 5.55. The number of hydrogen-bond donors (Lipinski definition) is 4. The number of carbonyl (C=O) groups excluding carboxylic acids is 1. The van der Waals surface area contributed by atoms with Crippen LogP contribution < -0.4 is 11.1 Å². The van der Waals surface area contributed by atoms with Gasteiger partial charge in [-0.25, -0.2) is 0 Å². The number of thiol groups is 1. The first kappa shape index (κ1) is 21.2. The Kier molecular flexibility index (Phi) is 14.6. The number of carboxylic acid groups (broad SMARTS) is 1. The second kappa shape index (κ2) is 15.2. The third-order valence-electron chi connectivity index (χ3n) is 3.65. The van der Waals surface area contributed by atoms with Crippen LogP contribution in [0.1, 0.15) is 70.6 Å². The Hall–Kier alpha value is -0.750. The summed E-state index contributed by atoms with van der Waals surface area (Å²) < 4.78 is 0. The topological polar surface area (TPSA) is 92.4 Å². The van der Waals surface area contributed by atoms with Crippen LogP contribution in [0.4, 0.5) is 0 Å². The van der Waals surface area contributed by atoms with Crippen LogP contribution in [0.15, 0.2) is 0 Å². The number of amides is 1. The number of hydrogen-bond acceptors (Lipinski definition) is 4. The van der Waals surface area contributed by atoms with Crippen LogP contribution in [0.5, 0.6) is 0 Å². The van der Waals surface area contributed by atoms with Gasteiger partial charge in [0, 0.05) is 18.7 Å². The van der Waals surface area contributed by atoms with Crippen LogP contribution >= 0.6 is 12.6 Å². The van der Waals surface area contributed by atoms with Crippen molar-refractivity contribution in [1.82, 2.24) is 5.32 Å². The molecule has 0 aliphatic heterocycles. The zero-order valence-corrected chi connectivity index (χ0v) is 14.5. The van der Waals surface area contributed by atoms with Crippen LogP contribution in [-0.2, 0) is 9.59 Å². The van der Waals surface area contributed by atoms with Crippen molar-refractivity contribution < 1.29 is 14.7 Å². The van der Waals surface area contributed by atoms with Gasteiger partial charge < -0.3 is 16.2 Å². The minimum atomic E-state index is -0.691. The highest BCUT2D eigenvalue weighted by molar-refractivity contribution is 7.80. The summed E-state index contributed by atoms with van der Waals surface area (Å²) in [4.78, 5) is 21.7.